The van der Waals surface area contributed by atoms with Crippen LogP contribution in [0.4, 0.5) is 5.69 Å². The Morgan fingerprint density at radius 2 is 2.07 bits per heavy atom. The van der Waals surface area contributed by atoms with Crippen LogP contribution < -0.4 is 15.5 Å². The summed E-state index contributed by atoms with van der Waals surface area (Å²) >= 11 is 0. The van der Waals surface area contributed by atoms with Crippen LogP contribution in [0.3, 0.4) is 0 Å². The fourth-order valence-electron chi connectivity index (χ4n) is 2.94. The van der Waals surface area contributed by atoms with Gasteiger partial charge in [0.25, 0.3) is 0 Å². The quantitative estimate of drug-likeness (QED) is 0.255. The van der Waals surface area contributed by atoms with Crippen LogP contribution in [-0.2, 0) is 13.0 Å². The second kappa shape index (κ2) is 12.5. The first kappa shape index (κ1) is 21.5. The summed E-state index contributed by atoms with van der Waals surface area (Å²) in [5.74, 6) is 1.81. The summed E-state index contributed by atoms with van der Waals surface area (Å²) in [5, 5.41) is 14.7. The van der Waals surface area contributed by atoms with E-state index in [0.29, 0.717) is 6.54 Å². The second-order valence-electron chi connectivity index (χ2n) is 6.39. The number of nitrogens with one attached hydrogen (secondary N) is 2. The van der Waals surface area contributed by atoms with Gasteiger partial charge in [0.05, 0.1) is 0 Å². The standard InChI is InChI=1S/C21H33N7/c1-4-13-22-21(24-15-17-28-18-25-26-20(28)5-2)23-14-10-16-27(6-3)19-11-8-7-9-12-19/h4,7-9,11-12,18H,1,5-6,10,13-17H2,2-3H3,(H2,22,23,24). The van der Waals surface area contributed by atoms with Gasteiger partial charge >= 0.3 is 0 Å². The van der Waals surface area contributed by atoms with Gasteiger partial charge in [-0.3, -0.25) is 4.99 Å². The Labute approximate surface area is 168 Å². The molecule has 0 fully saturated rings. The molecule has 2 N–H and O–H groups in total. The number of para-hydroxylation sites is 1. The van der Waals surface area contributed by atoms with E-state index >= 15 is 0 Å². The van der Waals surface area contributed by atoms with Crippen LogP contribution in [0.1, 0.15) is 26.1 Å². The van der Waals surface area contributed by atoms with Crippen LogP contribution in [0.5, 0.6) is 0 Å². The number of aliphatic imine (C=N–C) groups is 1. The molecule has 7 heteroatoms. The molecule has 0 bridgehead atoms. The van der Waals surface area contributed by atoms with Gasteiger partial charge < -0.3 is 20.1 Å². The molecular formula is C21H33N7. The molecular weight excluding hydrogens is 350 g/mol. The summed E-state index contributed by atoms with van der Waals surface area (Å²) < 4.78 is 2.07. The molecule has 7 nitrogen and oxygen atoms in total. The first-order valence-electron chi connectivity index (χ1n) is 10.1. The first-order valence-corrected chi connectivity index (χ1v) is 10.1. The maximum absolute atomic E-state index is 4.70. The Bertz CT molecular complexity index is 709. The van der Waals surface area contributed by atoms with Crippen LogP contribution in [0.15, 0.2) is 54.3 Å². The van der Waals surface area contributed by atoms with Crippen molar-refractivity contribution >= 4 is 11.6 Å². The third-order valence-corrected chi connectivity index (χ3v) is 4.43. The van der Waals surface area contributed by atoms with Crippen molar-refractivity contribution in [2.24, 2.45) is 4.99 Å². The molecule has 0 saturated heterocycles. The maximum Gasteiger partial charge on any atom is 0.191 e. The zero-order chi connectivity index (χ0) is 20.0. The van der Waals surface area contributed by atoms with Crippen molar-refractivity contribution in [1.82, 2.24) is 25.4 Å². The summed E-state index contributed by atoms with van der Waals surface area (Å²) in [6, 6.07) is 10.5. The number of nitrogens with zero attached hydrogens (tertiary/aromatic N) is 5. The minimum absolute atomic E-state index is 0.684. The predicted molar refractivity (Wildman–Crippen MR) is 117 cm³/mol. The third kappa shape index (κ3) is 7.06. The molecule has 0 aliphatic rings. The van der Waals surface area contributed by atoms with Crippen molar-refractivity contribution in [2.75, 3.05) is 37.6 Å². The van der Waals surface area contributed by atoms with Crippen molar-refractivity contribution in [3.05, 3.63) is 55.1 Å². The zero-order valence-electron chi connectivity index (χ0n) is 17.1. The average molecular weight is 384 g/mol. The lowest BCUT2D eigenvalue weighted by Crippen LogP contribution is -2.39. The Morgan fingerprint density at radius 3 is 2.79 bits per heavy atom. The van der Waals surface area contributed by atoms with E-state index in [2.05, 4.69) is 75.0 Å². The first-order chi connectivity index (χ1) is 13.8. The van der Waals surface area contributed by atoms with E-state index in [4.69, 9.17) is 4.99 Å². The Balaban J connectivity index is 1.80. The molecule has 0 aliphatic heterocycles. The number of aromatic nitrogens is 3. The molecule has 0 aliphatic carbocycles. The highest BCUT2D eigenvalue weighted by atomic mass is 15.3. The van der Waals surface area contributed by atoms with Crippen molar-refractivity contribution in [1.29, 1.82) is 0 Å². The summed E-state index contributed by atoms with van der Waals surface area (Å²) in [6.07, 6.45) is 5.48. The summed E-state index contributed by atoms with van der Waals surface area (Å²) in [6.45, 7) is 13.0. The number of rotatable bonds is 12. The molecule has 0 amide bonds. The molecule has 0 atom stereocenters. The fraction of sp³-hybridized carbons (Fsp3) is 0.476. The summed E-state index contributed by atoms with van der Waals surface area (Å²) in [5.41, 5.74) is 1.26. The maximum atomic E-state index is 4.70. The minimum Gasteiger partial charge on any atom is -0.372 e. The van der Waals surface area contributed by atoms with Gasteiger partial charge in [0, 0.05) is 51.4 Å². The monoisotopic (exact) mass is 383 g/mol. The van der Waals surface area contributed by atoms with Crippen LogP contribution >= 0.6 is 0 Å². The number of hydrogen-bond donors (Lipinski definition) is 2. The number of hydrogen-bond acceptors (Lipinski definition) is 4. The summed E-state index contributed by atoms with van der Waals surface area (Å²) in [4.78, 5) is 7.08. The fourth-order valence-corrected chi connectivity index (χ4v) is 2.94. The molecule has 0 unspecified atom stereocenters. The van der Waals surface area contributed by atoms with Gasteiger partial charge in [-0.25, -0.2) is 0 Å². The third-order valence-electron chi connectivity index (χ3n) is 4.43. The summed E-state index contributed by atoms with van der Waals surface area (Å²) in [7, 11) is 0. The predicted octanol–water partition coefficient (Wildman–Crippen LogP) is 2.48. The van der Waals surface area contributed by atoms with Crippen molar-refractivity contribution in [2.45, 2.75) is 33.2 Å². The lowest BCUT2D eigenvalue weighted by Gasteiger charge is -2.22. The van der Waals surface area contributed by atoms with Gasteiger partial charge in [0.15, 0.2) is 5.96 Å². The highest BCUT2D eigenvalue weighted by molar-refractivity contribution is 5.79. The molecule has 2 rings (SSSR count). The van der Waals surface area contributed by atoms with Gasteiger partial charge in [-0.1, -0.05) is 31.2 Å². The average Bonchev–Trinajstić information content (AvgIpc) is 3.19. The van der Waals surface area contributed by atoms with E-state index in [1.54, 1.807) is 6.33 Å². The second-order valence-corrected chi connectivity index (χ2v) is 6.39. The normalized spacial score (nSPS) is 11.3. The zero-order valence-corrected chi connectivity index (χ0v) is 17.1. The van der Waals surface area contributed by atoms with E-state index in [1.165, 1.54) is 5.69 Å². The smallest absolute Gasteiger partial charge is 0.191 e. The minimum atomic E-state index is 0.684. The Kier molecular flexibility index (Phi) is 9.61. The van der Waals surface area contributed by atoms with Gasteiger partial charge in [-0.15, -0.1) is 16.8 Å². The SMILES string of the molecule is C=CCNC(=NCCCN(CC)c1ccccc1)NCCn1cnnc1CC. The lowest BCUT2D eigenvalue weighted by atomic mass is 10.2. The molecule has 0 spiro atoms. The number of aryl methyl sites for hydroxylation is 1. The van der Waals surface area contributed by atoms with E-state index in [1.807, 2.05) is 12.1 Å². The molecule has 1 heterocycles. The van der Waals surface area contributed by atoms with E-state index in [-0.39, 0.29) is 0 Å². The van der Waals surface area contributed by atoms with Gasteiger partial charge in [-0.05, 0) is 25.5 Å². The largest absolute Gasteiger partial charge is 0.372 e. The van der Waals surface area contributed by atoms with E-state index in [0.717, 1.165) is 57.3 Å². The Hall–Kier alpha value is -2.83. The van der Waals surface area contributed by atoms with Crippen LogP contribution in [0, 0.1) is 0 Å². The molecule has 2 aromatic rings. The van der Waals surface area contributed by atoms with Gasteiger partial charge in [0.2, 0.25) is 0 Å². The molecule has 0 radical (unpaired) electrons. The van der Waals surface area contributed by atoms with Crippen molar-refractivity contribution in [3.63, 3.8) is 0 Å². The van der Waals surface area contributed by atoms with E-state index in [9.17, 15) is 0 Å². The van der Waals surface area contributed by atoms with Gasteiger partial charge in [-0.2, -0.15) is 0 Å². The van der Waals surface area contributed by atoms with Crippen LogP contribution in [0.25, 0.3) is 0 Å². The molecule has 28 heavy (non-hydrogen) atoms. The Morgan fingerprint density at radius 1 is 1.25 bits per heavy atom. The van der Waals surface area contributed by atoms with Gasteiger partial charge in [0.1, 0.15) is 12.2 Å². The molecule has 0 saturated carbocycles. The number of benzene rings is 1. The highest BCUT2D eigenvalue weighted by Crippen LogP contribution is 2.12. The van der Waals surface area contributed by atoms with Crippen molar-refractivity contribution < 1.29 is 0 Å². The van der Waals surface area contributed by atoms with Crippen molar-refractivity contribution in [3.8, 4) is 0 Å². The number of guanidine groups is 1. The van der Waals surface area contributed by atoms with Crippen LogP contribution in [-0.4, -0.2) is 53.4 Å². The lowest BCUT2D eigenvalue weighted by molar-refractivity contribution is 0.633. The molecule has 152 valence electrons. The van der Waals surface area contributed by atoms with Crippen LogP contribution in [0.2, 0.25) is 0 Å². The topological polar surface area (TPSA) is 70.4 Å². The highest BCUT2D eigenvalue weighted by Gasteiger charge is 2.04. The van der Waals surface area contributed by atoms with E-state index < -0.39 is 0 Å². The number of anilines is 1. The molecule has 1 aromatic carbocycles. The molecule has 1 aromatic heterocycles.